The number of likely N-dealkylation sites (N-methyl/N-ethyl adjacent to an activating group) is 1. The molecule has 166 valence electrons. The van der Waals surface area contributed by atoms with Crippen LogP contribution in [0.1, 0.15) is 25.3 Å². The maximum Gasteiger partial charge on any atom is 0.236 e. The first-order valence-electron chi connectivity index (χ1n) is 10.9. The number of amides is 1. The quantitative estimate of drug-likeness (QED) is 0.517. The summed E-state index contributed by atoms with van der Waals surface area (Å²) >= 11 is 0. The maximum atomic E-state index is 12.1. The highest BCUT2D eigenvalue weighted by Crippen LogP contribution is 2.34. The zero-order valence-electron chi connectivity index (χ0n) is 18.6. The van der Waals surface area contributed by atoms with Gasteiger partial charge in [0.05, 0.1) is 18.8 Å². The average Bonchev–Trinajstić information content (AvgIpc) is 3.22. The van der Waals surface area contributed by atoms with Gasteiger partial charge in [-0.2, -0.15) is 0 Å². The van der Waals surface area contributed by atoms with Crippen LogP contribution in [0.5, 0.6) is 0 Å². The fourth-order valence-corrected chi connectivity index (χ4v) is 4.26. The third-order valence-electron chi connectivity index (χ3n) is 6.10. The minimum atomic E-state index is 0.148. The number of hydrogen-bond acceptors (Lipinski definition) is 6. The number of carbonyl (C=O) groups is 1. The van der Waals surface area contributed by atoms with E-state index < -0.39 is 0 Å². The number of nitrogens with one attached hydrogen (secondary N) is 3. The lowest BCUT2D eigenvalue weighted by Gasteiger charge is -2.35. The largest absolute Gasteiger partial charge is 0.352 e. The van der Waals surface area contributed by atoms with Crippen LogP contribution < -0.4 is 10.6 Å². The molecule has 1 aliphatic heterocycles. The van der Waals surface area contributed by atoms with Crippen molar-refractivity contribution in [1.82, 2.24) is 30.2 Å². The Morgan fingerprint density at radius 2 is 2.12 bits per heavy atom. The molecule has 9 nitrogen and oxygen atoms in total. The fraction of sp³-hybridized carbons (Fsp3) is 0.435. The van der Waals surface area contributed by atoms with E-state index in [2.05, 4.69) is 37.4 Å². The number of rotatable bonds is 6. The van der Waals surface area contributed by atoms with Crippen LogP contribution in [0.25, 0.3) is 27.1 Å². The molecule has 0 saturated carbocycles. The summed E-state index contributed by atoms with van der Waals surface area (Å²) in [5.74, 6) is 1.07. The van der Waals surface area contributed by atoms with Gasteiger partial charge >= 0.3 is 0 Å². The highest BCUT2D eigenvalue weighted by molar-refractivity contribution is 5.96. The van der Waals surface area contributed by atoms with E-state index in [1.807, 2.05) is 30.3 Å². The third-order valence-corrected chi connectivity index (χ3v) is 6.10. The molecule has 1 atom stereocenters. The van der Waals surface area contributed by atoms with E-state index in [1.54, 1.807) is 13.2 Å². The smallest absolute Gasteiger partial charge is 0.236 e. The fourth-order valence-electron chi connectivity index (χ4n) is 4.26. The number of nitrogens with zero attached hydrogens (tertiary/aromatic N) is 5. The number of H-pyrrole nitrogens is 1. The monoisotopic (exact) mass is 432 g/mol. The van der Waals surface area contributed by atoms with E-state index in [0.717, 1.165) is 48.1 Å². The van der Waals surface area contributed by atoms with Gasteiger partial charge in [0.15, 0.2) is 0 Å². The van der Waals surface area contributed by atoms with Gasteiger partial charge < -0.3 is 20.5 Å². The molecule has 1 fully saturated rings. The van der Waals surface area contributed by atoms with Crippen molar-refractivity contribution in [2.45, 2.75) is 32.7 Å². The zero-order chi connectivity index (χ0) is 22.7. The second-order valence-corrected chi connectivity index (χ2v) is 8.33. The maximum absolute atomic E-state index is 12.1. The topological polar surface area (TPSA) is 103 Å². The number of pyridine rings is 1. The van der Waals surface area contributed by atoms with Crippen molar-refractivity contribution in [3.63, 3.8) is 0 Å². The number of aromatic nitrogens is 4. The van der Waals surface area contributed by atoms with Crippen LogP contribution in [0.15, 0.2) is 24.7 Å². The molecule has 1 amide bonds. The molecule has 4 heterocycles. The Bertz CT molecular complexity index is 1160. The molecule has 0 radical (unpaired) electrons. The van der Waals surface area contributed by atoms with Crippen molar-refractivity contribution in [3.8, 4) is 11.3 Å². The van der Waals surface area contributed by atoms with E-state index >= 15 is 0 Å². The summed E-state index contributed by atoms with van der Waals surface area (Å²) in [4.78, 5) is 34.3. The molecule has 0 spiro atoms. The van der Waals surface area contributed by atoms with Crippen molar-refractivity contribution >= 4 is 28.6 Å². The number of aryl methyl sites for hydroxylation is 1. The second kappa shape index (κ2) is 9.32. The number of hydrogen-bond donors (Lipinski definition) is 3. The van der Waals surface area contributed by atoms with E-state index in [9.17, 15) is 4.79 Å². The van der Waals surface area contributed by atoms with Gasteiger partial charge in [-0.3, -0.25) is 4.79 Å². The third kappa shape index (κ3) is 4.41. The molecule has 1 saturated heterocycles. The normalized spacial score (nSPS) is 15.5. The summed E-state index contributed by atoms with van der Waals surface area (Å²) in [6.45, 7) is 13.6. The number of aromatic amines is 1. The minimum Gasteiger partial charge on any atom is -0.352 e. The van der Waals surface area contributed by atoms with Crippen LogP contribution >= 0.6 is 0 Å². The van der Waals surface area contributed by atoms with Crippen molar-refractivity contribution in [1.29, 1.82) is 0 Å². The van der Waals surface area contributed by atoms with Gasteiger partial charge in [0.2, 0.25) is 17.5 Å². The van der Waals surface area contributed by atoms with Gasteiger partial charge in [0, 0.05) is 48.7 Å². The second-order valence-electron chi connectivity index (χ2n) is 8.33. The molecular weight excluding hydrogens is 404 g/mol. The molecule has 1 unspecified atom stereocenters. The van der Waals surface area contributed by atoms with Gasteiger partial charge in [-0.15, -0.1) is 0 Å². The van der Waals surface area contributed by atoms with Crippen molar-refractivity contribution in [3.05, 3.63) is 41.6 Å². The number of fused-ring (bicyclic) bond motifs is 1. The molecule has 0 aromatic carbocycles. The van der Waals surface area contributed by atoms with Crippen LogP contribution in [0.4, 0.5) is 11.6 Å². The molecule has 1 aliphatic rings. The molecule has 0 bridgehead atoms. The lowest BCUT2D eigenvalue weighted by atomic mass is 9.90. The SMILES string of the molecule is [C-]#[N+]c1cnc(NC(C)C2CCN(C(=O)CNC)CC2)nc1-c1c[nH]c2ncc(C)cc12. The van der Waals surface area contributed by atoms with Crippen molar-refractivity contribution in [2.24, 2.45) is 5.92 Å². The molecule has 0 aliphatic carbocycles. The Morgan fingerprint density at radius 3 is 2.84 bits per heavy atom. The molecular formula is C23H28N8O. The van der Waals surface area contributed by atoms with Gasteiger partial charge in [-0.25, -0.2) is 19.8 Å². The van der Waals surface area contributed by atoms with Crippen molar-refractivity contribution < 1.29 is 4.79 Å². The summed E-state index contributed by atoms with van der Waals surface area (Å²) in [5.41, 5.74) is 3.65. The summed E-state index contributed by atoms with van der Waals surface area (Å²) in [6.07, 6.45) is 7.10. The average molecular weight is 433 g/mol. The number of carbonyl (C=O) groups excluding carboxylic acids is 1. The highest BCUT2D eigenvalue weighted by Gasteiger charge is 2.26. The molecule has 3 aromatic rings. The Labute approximate surface area is 187 Å². The summed E-state index contributed by atoms with van der Waals surface area (Å²) in [5, 5.41) is 7.29. The summed E-state index contributed by atoms with van der Waals surface area (Å²) in [7, 11) is 1.79. The first-order chi connectivity index (χ1) is 15.5. The molecule has 3 aromatic heterocycles. The van der Waals surface area contributed by atoms with E-state index in [1.165, 1.54) is 0 Å². The van der Waals surface area contributed by atoms with Crippen LogP contribution in [0.3, 0.4) is 0 Å². The molecule has 3 N–H and O–H groups in total. The Morgan fingerprint density at radius 1 is 1.34 bits per heavy atom. The minimum absolute atomic E-state index is 0.148. The lowest BCUT2D eigenvalue weighted by Crippen LogP contribution is -2.44. The molecule has 9 heteroatoms. The van der Waals surface area contributed by atoms with Crippen LogP contribution in [-0.4, -0.2) is 63.5 Å². The predicted molar refractivity (Wildman–Crippen MR) is 124 cm³/mol. The van der Waals surface area contributed by atoms with Gasteiger partial charge in [0.1, 0.15) is 5.65 Å². The van der Waals surface area contributed by atoms with Crippen LogP contribution in [0.2, 0.25) is 0 Å². The van der Waals surface area contributed by atoms with Gasteiger partial charge in [-0.05, 0) is 51.3 Å². The zero-order valence-corrected chi connectivity index (χ0v) is 18.6. The summed E-state index contributed by atoms with van der Waals surface area (Å²) < 4.78 is 0. The summed E-state index contributed by atoms with van der Waals surface area (Å²) in [6, 6.07) is 2.19. The predicted octanol–water partition coefficient (Wildman–Crippen LogP) is 3.14. The number of likely N-dealkylation sites (tertiary alicyclic amines) is 1. The van der Waals surface area contributed by atoms with E-state index in [0.29, 0.717) is 29.8 Å². The number of anilines is 1. The van der Waals surface area contributed by atoms with Gasteiger partial charge in [-0.1, -0.05) is 0 Å². The standard InChI is InChI=1S/C23H28N8O/c1-14-9-17-18(11-27-22(17)26-10-14)21-19(25-4)12-28-23(30-21)29-15(2)16-5-7-31(8-6-16)20(32)13-24-3/h9-12,15-16,24H,5-8,13H2,1-3H3,(H,26,27)(H,28,29,30). The Kier molecular flexibility index (Phi) is 6.32. The van der Waals surface area contributed by atoms with E-state index in [4.69, 9.17) is 11.6 Å². The highest BCUT2D eigenvalue weighted by atomic mass is 16.2. The van der Waals surface area contributed by atoms with Crippen LogP contribution in [0, 0.1) is 19.4 Å². The molecule has 4 rings (SSSR count). The van der Waals surface area contributed by atoms with Crippen LogP contribution in [-0.2, 0) is 4.79 Å². The lowest BCUT2D eigenvalue weighted by molar-refractivity contribution is -0.131. The Balaban J connectivity index is 1.51. The molecule has 32 heavy (non-hydrogen) atoms. The number of piperidine rings is 1. The van der Waals surface area contributed by atoms with Gasteiger partial charge in [0.25, 0.3) is 0 Å². The van der Waals surface area contributed by atoms with Crippen molar-refractivity contribution in [2.75, 3.05) is 32.0 Å². The first-order valence-corrected chi connectivity index (χ1v) is 10.9. The Hall–Kier alpha value is -3.51. The van der Waals surface area contributed by atoms with E-state index in [-0.39, 0.29) is 11.9 Å². The first kappa shape index (κ1) is 21.7.